The molecule has 0 bridgehead atoms. The number of hydrogen-bond donors (Lipinski definition) is 2. The Morgan fingerprint density at radius 2 is 2.41 bits per heavy atom. The second-order valence-corrected chi connectivity index (χ2v) is 4.87. The van der Waals surface area contributed by atoms with E-state index in [0.29, 0.717) is 8.43 Å². The van der Waals surface area contributed by atoms with Crippen molar-refractivity contribution in [3.05, 3.63) is 31.7 Å². The summed E-state index contributed by atoms with van der Waals surface area (Å²) < 4.78 is 7.37. The van der Waals surface area contributed by atoms with Gasteiger partial charge in [0.1, 0.15) is 12.3 Å². The third-order valence-corrected chi connectivity index (χ3v) is 3.39. The van der Waals surface area contributed by atoms with Gasteiger partial charge in [-0.3, -0.25) is 9.36 Å². The van der Waals surface area contributed by atoms with E-state index < -0.39 is 24.0 Å². The predicted octanol–water partition coefficient (Wildman–Crippen LogP) is -1.27. The van der Waals surface area contributed by atoms with E-state index in [2.05, 4.69) is 0 Å². The summed E-state index contributed by atoms with van der Waals surface area (Å²) in [5, 5.41) is 29.7. The van der Waals surface area contributed by atoms with Crippen LogP contribution in [0.2, 0.25) is 0 Å². The van der Waals surface area contributed by atoms with E-state index >= 15 is 0 Å². The number of aliphatic hydroxyl groups excluding tert-OH is 2. The highest BCUT2D eigenvalue weighted by atomic mass is 127. The van der Waals surface area contributed by atoms with Crippen molar-refractivity contribution in [2.24, 2.45) is 0 Å². The third kappa shape index (κ3) is 2.44. The van der Waals surface area contributed by atoms with Crippen molar-refractivity contribution in [1.82, 2.24) is 4.57 Å². The van der Waals surface area contributed by atoms with Gasteiger partial charge in [-0.25, -0.2) is 0 Å². The minimum atomic E-state index is -0.811. The lowest BCUT2D eigenvalue weighted by Gasteiger charge is -2.14. The van der Waals surface area contributed by atoms with E-state index in [4.69, 9.17) is 9.84 Å². The molecule has 1 aromatic rings. The summed E-state index contributed by atoms with van der Waals surface area (Å²) in [4.78, 5) is 11.6. The van der Waals surface area contributed by atoms with Crippen LogP contribution in [0, 0.1) is 8.91 Å². The summed E-state index contributed by atoms with van der Waals surface area (Å²) in [5.74, 6) is 0. The molecule has 17 heavy (non-hydrogen) atoms. The molecule has 2 heterocycles. The second-order valence-electron chi connectivity index (χ2n) is 3.77. The van der Waals surface area contributed by atoms with Gasteiger partial charge < -0.3 is 20.2 Å². The summed E-state index contributed by atoms with van der Waals surface area (Å²) in [6.45, 7) is -0.308. The van der Waals surface area contributed by atoms with E-state index in [9.17, 15) is 15.1 Å². The number of hydrogen-bond acceptors (Lipinski definition) is 5. The first kappa shape index (κ1) is 12.7. The van der Waals surface area contributed by atoms with Crippen LogP contribution in [-0.4, -0.2) is 33.6 Å². The number of halogens is 1. The van der Waals surface area contributed by atoms with Gasteiger partial charge in [-0.05, 0) is 0 Å². The van der Waals surface area contributed by atoms with E-state index in [-0.39, 0.29) is 13.0 Å². The Bertz CT molecular complexity index is 477. The number of rotatable bonds is 2. The largest absolute Gasteiger partial charge is 0.618 e. The standard InChI is InChI=1S/C9H11IN2O5/c10-7-2-11(8(15)3-12(7)16)9-1-5(14)6(4-13)17-9/h2-3,5-6,9,13-14H,1,4H2/t5-,6+,9+/m0/s1. The first-order valence-corrected chi connectivity index (χ1v) is 6.06. The number of aromatic nitrogens is 2. The van der Waals surface area contributed by atoms with E-state index in [0.717, 1.165) is 6.20 Å². The molecule has 7 nitrogen and oxygen atoms in total. The summed E-state index contributed by atoms with van der Waals surface area (Å²) >= 11 is 1.80. The Balaban J connectivity index is 2.30. The molecular weight excluding hydrogens is 343 g/mol. The molecule has 2 N–H and O–H groups in total. The zero-order chi connectivity index (χ0) is 12.6. The van der Waals surface area contributed by atoms with Crippen molar-refractivity contribution < 1.29 is 19.7 Å². The van der Waals surface area contributed by atoms with E-state index in [1.54, 1.807) is 22.6 Å². The van der Waals surface area contributed by atoms with Crippen molar-refractivity contribution in [2.45, 2.75) is 24.9 Å². The maximum Gasteiger partial charge on any atom is 0.318 e. The topological polar surface area (TPSA) is 98.6 Å². The quantitative estimate of drug-likeness (QED) is 0.392. The highest BCUT2D eigenvalue weighted by Crippen LogP contribution is 2.27. The molecule has 94 valence electrons. The molecule has 0 unspecified atom stereocenters. The van der Waals surface area contributed by atoms with Crippen molar-refractivity contribution in [2.75, 3.05) is 6.61 Å². The van der Waals surface area contributed by atoms with Crippen LogP contribution >= 0.6 is 22.6 Å². The fourth-order valence-electron chi connectivity index (χ4n) is 1.74. The molecule has 0 radical (unpaired) electrons. The smallest absolute Gasteiger partial charge is 0.318 e. The SMILES string of the molecule is O=c1c[n+]([O-])c(I)cn1[C@H]1C[C@H](O)[C@@H](CO)O1. The molecule has 2 rings (SSSR count). The lowest BCUT2D eigenvalue weighted by atomic mass is 10.2. The van der Waals surface area contributed by atoms with Gasteiger partial charge in [0, 0.05) is 29.0 Å². The van der Waals surface area contributed by atoms with Gasteiger partial charge in [0.15, 0.2) is 0 Å². The van der Waals surface area contributed by atoms with Gasteiger partial charge in [0.25, 0.3) is 3.70 Å². The fraction of sp³-hybridized carbons (Fsp3) is 0.556. The zero-order valence-corrected chi connectivity index (χ0v) is 10.9. The summed E-state index contributed by atoms with van der Waals surface area (Å²) in [6, 6.07) is 0. The van der Waals surface area contributed by atoms with Crippen molar-refractivity contribution in [1.29, 1.82) is 0 Å². The molecule has 1 aromatic heterocycles. The molecule has 1 fully saturated rings. The molecule has 0 spiro atoms. The molecule has 1 aliphatic heterocycles. The molecule has 0 saturated carbocycles. The molecular formula is C9H11IN2O5. The van der Waals surface area contributed by atoms with Crippen LogP contribution in [-0.2, 0) is 4.74 Å². The summed E-state index contributed by atoms with van der Waals surface area (Å²) in [7, 11) is 0. The van der Waals surface area contributed by atoms with Crippen LogP contribution in [0.3, 0.4) is 0 Å². The van der Waals surface area contributed by atoms with Gasteiger partial charge >= 0.3 is 5.56 Å². The Labute approximate surface area is 110 Å². The van der Waals surface area contributed by atoms with E-state index in [1.807, 2.05) is 0 Å². The van der Waals surface area contributed by atoms with Gasteiger partial charge in [-0.15, -0.1) is 0 Å². The monoisotopic (exact) mass is 354 g/mol. The van der Waals surface area contributed by atoms with Crippen molar-refractivity contribution in [3.8, 4) is 0 Å². The van der Waals surface area contributed by atoms with Crippen LogP contribution in [0.1, 0.15) is 12.6 Å². The maximum atomic E-state index is 11.6. The highest BCUT2D eigenvalue weighted by molar-refractivity contribution is 14.1. The van der Waals surface area contributed by atoms with Gasteiger partial charge in [0.2, 0.25) is 6.20 Å². The van der Waals surface area contributed by atoms with Gasteiger partial charge in [-0.1, -0.05) is 0 Å². The van der Waals surface area contributed by atoms with E-state index in [1.165, 1.54) is 10.8 Å². The molecule has 0 amide bonds. The lowest BCUT2D eigenvalue weighted by molar-refractivity contribution is -0.621. The second kappa shape index (κ2) is 4.88. The van der Waals surface area contributed by atoms with Crippen LogP contribution < -0.4 is 10.3 Å². The van der Waals surface area contributed by atoms with Crippen molar-refractivity contribution in [3.63, 3.8) is 0 Å². The number of aliphatic hydroxyl groups is 2. The molecule has 1 aliphatic rings. The molecule has 8 heteroatoms. The maximum absolute atomic E-state index is 11.6. The van der Waals surface area contributed by atoms with Crippen LogP contribution in [0.15, 0.2) is 17.2 Å². The Hall–Kier alpha value is -0.710. The van der Waals surface area contributed by atoms with Gasteiger partial charge in [-0.2, -0.15) is 4.73 Å². The third-order valence-electron chi connectivity index (χ3n) is 2.63. The van der Waals surface area contributed by atoms with Gasteiger partial charge in [0.05, 0.1) is 18.9 Å². The summed E-state index contributed by atoms with van der Waals surface area (Å²) in [5.41, 5.74) is -0.504. The Morgan fingerprint density at radius 1 is 1.71 bits per heavy atom. The Morgan fingerprint density at radius 3 is 3.00 bits per heavy atom. The first-order chi connectivity index (χ1) is 8.02. The fourth-order valence-corrected chi connectivity index (χ4v) is 2.18. The van der Waals surface area contributed by atoms with Crippen LogP contribution in [0.4, 0.5) is 0 Å². The highest BCUT2D eigenvalue weighted by Gasteiger charge is 2.35. The number of nitrogens with zero attached hydrogens (tertiary/aromatic N) is 2. The predicted molar refractivity (Wildman–Crippen MR) is 64.0 cm³/mol. The molecule has 1 saturated heterocycles. The minimum Gasteiger partial charge on any atom is -0.618 e. The minimum absolute atomic E-state index is 0.212. The lowest BCUT2D eigenvalue weighted by Crippen LogP contribution is -2.39. The molecule has 0 aromatic carbocycles. The molecule has 0 aliphatic carbocycles. The zero-order valence-electron chi connectivity index (χ0n) is 8.69. The average Bonchev–Trinajstić information content (AvgIpc) is 2.65. The first-order valence-electron chi connectivity index (χ1n) is 4.98. The van der Waals surface area contributed by atoms with Crippen LogP contribution in [0.5, 0.6) is 0 Å². The number of ether oxygens (including phenoxy) is 1. The van der Waals surface area contributed by atoms with Crippen LogP contribution in [0.25, 0.3) is 0 Å². The Kier molecular flexibility index (Phi) is 3.66. The molecule has 3 atom stereocenters. The van der Waals surface area contributed by atoms with Crippen molar-refractivity contribution >= 4 is 22.6 Å². The normalized spacial score (nSPS) is 28.5. The average molecular weight is 354 g/mol. The summed E-state index contributed by atoms with van der Waals surface area (Å²) in [6.07, 6.45) is 0.337.